The molecule has 0 aliphatic heterocycles. The average Bonchev–Trinajstić information content (AvgIpc) is 1.86. The maximum Gasteiger partial charge on any atom is 0.321 e. The van der Waals surface area contributed by atoms with Crippen LogP contribution in [0.15, 0.2) is 0 Å². The molecular weight excluding hydrogens is 142 g/mol. The van der Waals surface area contributed by atoms with Crippen LogP contribution in [0.3, 0.4) is 0 Å². The third-order valence-electron chi connectivity index (χ3n) is 2.98. The first-order valence-electron chi connectivity index (χ1n) is 4.11. The fourth-order valence-corrected chi connectivity index (χ4v) is 1.78. The van der Waals surface area contributed by atoms with E-state index in [9.17, 15) is 4.79 Å². The molecule has 3 heteroatoms. The molecule has 0 aromatic rings. The Morgan fingerprint density at radius 1 is 1.73 bits per heavy atom. The predicted octanol–water partition coefficient (Wildman–Crippen LogP) is 0.979. The number of hydrogen-bond donors (Lipinski definition) is 2. The molecule has 1 saturated carbocycles. The van der Waals surface area contributed by atoms with Crippen LogP contribution in [0.2, 0.25) is 0 Å². The van der Waals surface area contributed by atoms with Crippen LogP contribution in [-0.2, 0) is 4.79 Å². The molecule has 1 fully saturated rings. The summed E-state index contributed by atoms with van der Waals surface area (Å²) in [5.41, 5.74) is 5.49. The quantitative estimate of drug-likeness (QED) is 0.641. The van der Waals surface area contributed by atoms with Gasteiger partial charge in [0.15, 0.2) is 0 Å². The van der Waals surface area contributed by atoms with Crippen LogP contribution in [0.5, 0.6) is 0 Å². The van der Waals surface area contributed by atoms with Crippen molar-refractivity contribution in [2.24, 2.45) is 11.1 Å². The van der Waals surface area contributed by atoms with Crippen molar-refractivity contribution in [2.75, 3.05) is 0 Å². The molecule has 1 atom stereocenters. The second-order valence-electron chi connectivity index (χ2n) is 3.39. The highest BCUT2D eigenvalue weighted by atomic mass is 16.4. The topological polar surface area (TPSA) is 63.3 Å². The van der Waals surface area contributed by atoms with Crippen molar-refractivity contribution >= 4 is 5.97 Å². The van der Waals surface area contributed by atoms with E-state index in [1.54, 1.807) is 0 Å². The van der Waals surface area contributed by atoms with Gasteiger partial charge in [0.25, 0.3) is 0 Å². The normalized spacial score (nSPS) is 23.8. The second-order valence-corrected chi connectivity index (χ2v) is 3.39. The van der Waals surface area contributed by atoms with Gasteiger partial charge >= 0.3 is 5.97 Å². The zero-order valence-electron chi connectivity index (χ0n) is 6.84. The molecule has 1 rings (SSSR count). The number of aliphatic carboxylic acids is 1. The summed E-state index contributed by atoms with van der Waals surface area (Å²) in [5.74, 6) is -0.855. The molecule has 0 saturated heterocycles. The van der Waals surface area contributed by atoms with Gasteiger partial charge in [0, 0.05) is 0 Å². The highest BCUT2D eigenvalue weighted by Gasteiger charge is 2.44. The summed E-state index contributed by atoms with van der Waals surface area (Å²) in [6.45, 7) is 2.02. The van der Waals surface area contributed by atoms with E-state index in [2.05, 4.69) is 0 Å². The number of carboxylic acid groups (broad SMARTS) is 1. The molecule has 1 aliphatic carbocycles. The first-order valence-corrected chi connectivity index (χ1v) is 4.11. The lowest BCUT2D eigenvalue weighted by Crippen LogP contribution is -2.50. The van der Waals surface area contributed by atoms with Crippen LogP contribution in [0.1, 0.15) is 32.6 Å². The molecule has 3 nitrogen and oxygen atoms in total. The summed E-state index contributed by atoms with van der Waals surface area (Å²) in [6, 6.07) is -0.652. The van der Waals surface area contributed by atoms with E-state index in [0.29, 0.717) is 0 Å². The Hall–Kier alpha value is -0.570. The second kappa shape index (κ2) is 2.81. The van der Waals surface area contributed by atoms with Gasteiger partial charge in [-0.25, -0.2) is 0 Å². The maximum atomic E-state index is 10.6. The number of rotatable bonds is 3. The monoisotopic (exact) mass is 157 g/mol. The van der Waals surface area contributed by atoms with Crippen LogP contribution in [0.25, 0.3) is 0 Å². The van der Waals surface area contributed by atoms with Gasteiger partial charge in [0.2, 0.25) is 0 Å². The van der Waals surface area contributed by atoms with Crippen molar-refractivity contribution in [1.29, 1.82) is 0 Å². The summed E-state index contributed by atoms with van der Waals surface area (Å²) in [7, 11) is 0. The third-order valence-corrected chi connectivity index (χ3v) is 2.98. The SMILES string of the molecule is CCC1(C(N)C(=O)O)CCC1. The molecule has 0 radical (unpaired) electrons. The molecule has 11 heavy (non-hydrogen) atoms. The standard InChI is InChI=1S/C8H15NO2/c1-2-8(4-3-5-8)6(9)7(10)11/h6H,2-5,9H2,1H3,(H,10,11). The Labute approximate surface area is 66.6 Å². The first-order chi connectivity index (χ1) is 5.12. The van der Waals surface area contributed by atoms with Crippen LogP contribution >= 0.6 is 0 Å². The summed E-state index contributed by atoms with van der Waals surface area (Å²) >= 11 is 0. The van der Waals surface area contributed by atoms with Crippen LogP contribution in [-0.4, -0.2) is 17.1 Å². The van der Waals surface area contributed by atoms with Crippen LogP contribution < -0.4 is 5.73 Å². The highest BCUT2D eigenvalue weighted by molar-refractivity contribution is 5.74. The first kappa shape index (κ1) is 8.53. The summed E-state index contributed by atoms with van der Waals surface area (Å²) < 4.78 is 0. The van der Waals surface area contributed by atoms with Gasteiger partial charge in [-0.05, 0) is 24.7 Å². The molecule has 0 aromatic carbocycles. The van der Waals surface area contributed by atoms with E-state index in [0.717, 1.165) is 25.7 Å². The van der Waals surface area contributed by atoms with Gasteiger partial charge in [-0.3, -0.25) is 4.79 Å². The Balaban J connectivity index is 2.61. The van der Waals surface area contributed by atoms with E-state index in [-0.39, 0.29) is 5.41 Å². The smallest absolute Gasteiger partial charge is 0.321 e. The average molecular weight is 157 g/mol. The minimum absolute atomic E-state index is 0.0775. The number of carboxylic acids is 1. The maximum absolute atomic E-state index is 10.6. The summed E-state index contributed by atoms with van der Waals surface area (Å²) in [5, 5.41) is 8.69. The summed E-state index contributed by atoms with van der Waals surface area (Å²) in [4.78, 5) is 10.6. The fourth-order valence-electron chi connectivity index (χ4n) is 1.78. The predicted molar refractivity (Wildman–Crippen MR) is 42.2 cm³/mol. The van der Waals surface area contributed by atoms with Gasteiger partial charge in [-0.2, -0.15) is 0 Å². The van der Waals surface area contributed by atoms with E-state index in [1.165, 1.54) is 0 Å². The molecule has 0 aromatic heterocycles. The molecule has 1 aliphatic rings. The van der Waals surface area contributed by atoms with Crippen molar-refractivity contribution < 1.29 is 9.90 Å². The van der Waals surface area contributed by atoms with E-state index in [4.69, 9.17) is 10.8 Å². The van der Waals surface area contributed by atoms with Gasteiger partial charge in [-0.1, -0.05) is 13.3 Å². The molecule has 3 N–H and O–H groups in total. The molecule has 0 spiro atoms. The Bertz CT molecular complexity index is 158. The molecule has 64 valence electrons. The molecule has 0 heterocycles. The molecule has 1 unspecified atom stereocenters. The Morgan fingerprint density at radius 3 is 2.36 bits per heavy atom. The van der Waals surface area contributed by atoms with Crippen molar-refractivity contribution in [2.45, 2.75) is 38.6 Å². The minimum atomic E-state index is -0.855. The van der Waals surface area contributed by atoms with E-state index >= 15 is 0 Å². The largest absolute Gasteiger partial charge is 0.480 e. The Kier molecular flexibility index (Phi) is 2.18. The zero-order valence-corrected chi connectivity index (χ0v) is 6.84. The van der Waals surface area contributed by atoms with E-state index in [1.807, 2.05) is 6.92 Å². The highest BCUT2D eigenvalue weighted by Crippen LogP contribution is 2.45. The third kappa shape index (κ3) is 1.25. The van der Waals surface area contributed by atoms with E-state index < -0.39 is 12.0 Å². The fraction of sp³-hybridized carbons (Fsp3) is 0.875. The number of nitrogens with two attached hydrogens (primary N) is 1. The van der Waals surface area contributed by atoms with Crippen molar-refractivity contribution in [3.05, 3.63) is 0 Å². The summed E-state index contributed by atoms with van der Waals surface area (Å²) in [6.07, 6.45) is 3.99. The molecule has 0 bridgehead atoms. The van der Waals surface area contributed by atoms with Crippen LogP contribution in [0, 0.1) is 5.41 Å². The Morgan fingerprint density at radius 2 is 2.27 bits per heavy atom. The van der Waals surface area contributed by atoms with Crippen molar-refractivity contribution in [1.82, 2.24) is 0 Å². The lowest BCUT2D eigenvalue weighted by molar-refractivity contribution is -0.144. The number of hydrogen-bond acceptors (Lipinski definition) is 2. The zero-order chi connectivity index (χ0) is 8.48. The molecular formula is C8H15NO2. The van der Waals surface area contributed by atoms with Gasteiger partial charge < -0.3 is 10.8 Å². The van der Waals surface area contributed by atoms with Crippen LogP contribution in [0.4, 0.5) is 0 Å². The van der Waals surface area contributed by atoms with Gasteiger partial charge in [0.1, 0.15) is 6.04 Å². The van der Waals surface area contributed by atoms with Gasteiger partial charge in [-0.15, -0.1) is 0 Å². The van der Waals surface area contributed by atoms with Crippen molar-refractivity contribution in [3.8, 4) is 0 Å². The lowest BCUT2D eigenvalue weighted by Gasteiger charge is -2.43. The molecule has 0 amide bonds. The lowest BCUT2D eigenvalue weighted by atomic mass is 9.62. The van der Waals surface area contributed by atoms with Crippen molar-refractivity contribution in [3.63, 3.8) is 0 Å². The number of carbonyl (C=O) groups is 1. The minimum Gasteiger partial charge on any atom is -0.480 e. The van der Waals surface area contributed by atoms with Gasteiger partial charge in [0.05, 0.1) is 0 Å².